The maximum atomic E-state index is 14.5. The number of anilines is 1. The summed E-state index contributed by atoms with van der Waals surface area (Å²) in [6.07, 6.45) is 4.37. The van der Waals surface area contributed by atoms with Gasteiger partial charge in [-0.15, -0.1) is 5.10 Å². The summed E-state index contributed by atoms with van der Waals surface area (Å²) in [5, 5.41) is 5.38. The first kappa shape index (κ1) is 22.6. The van der Waals surface area contributed by atoms with Crippen molar-refractivity contribution in [2.24, 2.45) is 5.92 Å². The normalized spacial score (nSPS) is 14.4. The molecule has 0 spiro atoms. The summed E-state index contributed by atoms with van der Waals surface area (Å²) in [7, 11) is 1.61. The molecular weight excluding hydrogens is 427 g/mol. The monoisotopic (exact) mass is 456 g/mol. The first-order valence-electron chi connectivity index (χ1n) is 11.2. The van der Waals surface area contributed by atoms with E-state index in [4.69, 9.17) is 26.4 Å². The van der Waals surface area contributed by atoms with Crippen molar-refractivity contribution in [2.45, 2.75) is 52.5 Å². The van der Waals surface area contributed by atoms with Crippen LogP contribution in [0.5, 0.6) is 5.75 Å². The van der Waals surface area contributed by atoms with Crippen LogP contribution in [0, 0.1) is 25.6 Å². The van der Waals surface area contributed by atoms with Crippen molar-refractivity contribution in [3.05, 3.63) is 64.2 Å². The van der Waals surface area contributed by atoms with Crippen molar-refractivity contribution in [1.29, 1.82) is 0 Å². The van der Waals surface area contributed by atoms with Crippen LogP contribution in [0.15, 0.2) is 36.4 Å². The molecule has 0 aliphatic heterocycles. The van der Waals surface area contributed by atoms with Crippen molar-refractivity contribution in [1.82, 2.24) is 14.8 Å². The van der Waals surface area contributed by atoms with E-state index in [1.54, 1.807) is 30.8 Å². The Bertz CT molecular complexity index is 1100. The van der Waals surface area contributed by atoms with Gasteiger partial charge in [0.25, 0.3) is 0 Å². The van der Waals surface area contributed by atoms with Gasteiger partial charge in [-0.2, -0.15) is 4.98 Å². The number of hydrogen-bond acceptors (Lipinski definition) is 4. The van der Waals surface area contributed by atoms with Crippen LogP contribution in [0.4, 0.5) is 10.3 Å². The highest BCUT2D eigenvalue weighted by molar-refractivity contribution is 6.32. The molecule has 2 aromatic carbocycles. The molecule has 0 radical (unpaired) electrons. The van der Waals surface area contributed by atoms with Gasteiger partial charge >= 0.3 is 0 Å². The highest BCUT2D eigenvalue weighted by Gasteiger charge is 2.32. The predicted molar refractivity (Wildman–Crippen MR) is 127 cm³/mol. The molecule has 0 amide bonds. The summed E-state index contributed by atoms with van der Waals surface area (Å²) in [5.74, 6) is 2.58. The summed E-state index contributed by atoms with van der Waals surface area (Å²) in [6.45, 7) is 6.64. The van der Waals surface area contributed by atoms with Crippen LogP contribution in [0.2, 0.25) is 5.02 Å². The molecule has 32 heavy (non-hydrogen) atoms. The van der Waals surface area contributed by atoms with Crippen LogP contribution >= 0.6 is 11.6 Å². The summed E-state index contributed by atoms with van der Waals surface area (Å²) in [5.41, 5.74) is 2.39. The number of ether oxygens (including phenoxy) is 1. The number of benzene rings is 2. The van der Waals surface area contributed by atoms with Gasteiger partial charge in [0.2, 0.25) is 5.95 Å². The molecule has 1 atom stereocenters. The lowest BCUT2D eigenvalue weighted by Gasteiger charge is -2.31. The van der Waals surface area contributed by atoms with Gasteiger partial charge in [0.05, 0.1) is 23.9 Å². The number of methoxy groups -OCH3 is 1. The van der Waals surface area contributed by atoms with Crippen LogP contribution in [-0.2, 0) is 0 Å². The van der Waals surface area contributed by atoms with Gasteiger partial charge < -0.3 is 9.64 Å². The highest BCUT2D eigenvalue weighted by atomic mass is 35.5. The van der Waals surface area contributed by atoms with Crippen molar-refractivity contribution in [3.8, 4) is 11.4 Å². The Kier molecular flexibility index (Phi) is 6.70. The minimum Gasteiger partial charge on any atom is -0.497 e. The van der Waals surface area contributed by atoms with Gasteiger partial charge in [-0.25, -0.2) is 9.07 Å². The standard InChI is InChI=1S/C25H30ClFN4O/c1-5-12-30(24(13-18-7-8-18)19-9-6-16(2)22(27)14-19)25-28-17(3)31(29-25)23-11-10-20(32-4)15-21(23)26/h6,9-11,14-15,18,24H,5,7-8,12-13H2,1-4H3/t24-/m0/s1. The van der Waals surface area contributed by atoms with E-state index >= 15 is 0 Å². The van der Waals surface area contributed by atoms with E-state index in [0.717, 1.165) is 36.5 Å². The fraction of sp³-hybridized carbons (Fsp3) is 0.440. The van der Waals surface area contributed by atoms with Crippen LogP contribution < -0.4 is 9.64 Å². The molecule has 0 bridgehead atoms. The molecule has 0 unspecified atom stereocenters. The third kappa shape index (κ3) is 4.75. The minimum atomic E-state index is -0.167. The van der Waals surface area contributed by atoms with Crippen molar-refractivity contribution >= 4 is 17.5 Å². The second-order valence-corrected chi connectivity index (χ2v) is 8.99. The summed E-state index contributed by atoms with van der Waals surface area (Å²) >= 11 is 6.51. The molecule has 1 saturated carbocycles. The third-order valence-corrected chi connectivity index (χ3v) is 6.38. The van der Waals surface area contributed by atoms with Crippen molar-refractivity contribution < 1.29 is 9.13 Å². The Morgan fingerprint density at radius 3 is 2.62 bits per heavy atom. The minimum absolute atomic E-state index is 0.0270. The van der Waals surface area contributed by atoms with E-state index in [1.165, 1.54) is 12.8 Å². The number of hydrogen-bond donors (Lipinski definition) is 0. The summed E-state index contributed by atoms with van der Waals surface area (Å²) in [6, 6.07) is 11.1. The van der Waals surface area contributed by atoms with Gasteiger partial charge in [-0.1, -0.05) is 43.5 Å². The van der Waals surface area contributed by atoms with E-state index in [1.807, 2.05) is 31.2 Å². The van der Waals surface area contributed by atoms with Crippen molar-refractivity contribution in [3.63, 3.8) is 0 Å². The van der Waals surface area contributed by atoms with E-state index < -0.39 is 0 Å². The summed E-state index contributed by atoms with van der Waals surface area (Å²) in [4.78, 5) is 7.02. The Morgan fingerprint density at radius 1 is 1.22 bits per heavy atom. The summed E-state index contributed by atoms with van der Waals surface area (Å²) < 4.78 is 21.5. The molecular formula is C25H30ClFN4O. The first-order chi connectivity index (χ1) is 15.4. The molecule has 7 heteroatoms. The third-order valence-electron chi connectivity index (χ3n) is 6.07. The zero-order valence-electron chi connectivity index (χ0n) is 19.1. The van der Waals surface area contributed by atoms with Gasteiger partial charge in [-0.3, -0.25) is 0 Å². The lowest BCUT2D eigenvalue weighted by molar-refractivity contribution is 0.414. The Morgan fingerprint density at radius 2 is 2.00 bits per heavy atom. The largest absolute Gasteiger partial charge is 0.497 e. The molecule has 1 aliphatic rings. The van der Waals surface area contributed by atoms with E-state index in [-0.39, 0.29) is 11.9 Å². The first-order valence-corrected chi connectivity index (χ1v) is 11.6. The van der Waals surface area contributed by atoms with Crippen LogP contribution in [0.1, 0.15) is 55.6 Å². The lowest BCUT2D eigenvalue weighted by Crippen LogP contribution is -2.31. The Hall–Kier alpha value is -2.60. The quantitative estimate of drug-likeness (QED) is 0.371. The fourth-order valence-electron chi connectivity index (χ4n) is 4.08. The molecule has 0 N–H and O–H groups in total. The van der Waals surface area contributed by atoms with Gasteiger partial charge in [0.1, 0.15) is 17.4 Å². The second kappa shape index (κ2) is 9.49. The molecule has 170 valence electrons. The van der Waals surface area contributed by atoms with E-state index in [9.17, 15) is 4.39 Å². The average Bonchev–Trinajstić information content (AvgIpc) is 3.52. The molecule has 3 aromatic rings. The Balaban J connectivity index is 1.73. The number of aryl methyl sites for hydroxylation is 2. The van der Waals surface area contributed by atoms with Gasteiger partial charge in [0, 0.05) is 12.6 Å². The molecule has 1 fully saturated rings. The molecule has 1 aliphatic carbocycles. The lowest BCUT2D eigenvalue weighted by atomic mass is 9.98. The predicted octanol–water partition coefficient (Wildman–Crippen LogP) is 6.44. The topological polar surface area (TPSA) is 43.2 Å². The molecule has 0 saturated heterocycles. The second-order valence-electron chi connectivity index (χ2n) is 8.59. The highest BCUT2D eigenvalue weighted by Crippen LogP contribution is 2.41. The number of nitrogens with zero attached hydrogens (tertiary/aromatic N) is 4. The zero-order chi connectivity index (χ0) is 22.8. The fourth-order valence-corrected chi connectivity index (χ4v) is 4.33. The number of halogens is 2. The van der Waals surface area contributed by atoms with Crippen LogP contribution in [0.3, 0.4) is 0 Å². The molecule has 4 rings (SSSR count). The van der Waals surface area contributed by atoms with Gasteiger partial charge in [0.15, 0.2) is 0 Å². The maximum Gasteiger partial charge on any atom is 0.245 e. The van der Waals surface area contributed by atoms with Gasteiger partial charge in [-0.05, 0) is 61.9 Å². The maximum absolute atomic E-state index is 14.5. The van der Waals surface area contributed by atoms with E-state index in [2.05, 4.69) is 11.8 Å². The zero-order valence-corrected chi connectivity index (χ0v) is 19.9. The molecule has 1 heterocycles. The Labute approximate surface area is 194 Å². The smallest absolute Gasteiger partial charge is 0.245 e. The average molecular weight is 457 g/mol. The van der Waals surface area contributed by atoms with Crippen LogP contribution in [0.25, 0.3) is 5.69 Å². The SMILES string of the molecule is CCCN(c1nc(C)n(-c2ccc(OC)cc2Cl)n1)[C@@H](CC1CC1)c1ccc(C)c(F)c1. The van der Waals surface area contributed by atoms with Crippen molar-refractivity contribution in [2.75, 3.05) is 18.6 Å². The molecule has 1 aromatic heterocycles. The molecule has 5 nitrogen and oxygen atoms in total. The number of aromatic nitrogens is 3. The number of rotatable bonds is 9. The van der Waals surface area contributed by atoms with Crippen LogP contribution in [-0.4, -0.2) is 28.4 Å². The van der Waals surface area contributed by atoms with E-state index in [0.29, 0.717) is 28.2 Å².